The number of aromatic nitrogens is 4. The van der Waals surface area contributed by atoms with Crippen LogP contribution in [0.1, 0.15) is 66.3 Å². The molecule has 1 aliphatic carbocycles. The Kier molecular flexibility index (Phi) is 6.16. The summed E-state index contributed by atoms with van der Waals surface area (Å²) < 4.78 is 5.12. The van der Waals surface area contributed by atoms with Gasteiger partial charge in [-0.15, -0.1) is 0 Å². The third kappa shape index (κ3) is 4.56. The summed E-state index contributed by atoms with van der Waals surface area (Å²) in [5.41, 5.74) is 3.83. The maximum absolute atomic E-state index is 12.3. The predicted molar refractivity (Wildman–Crippen MR) is 113 cm³/mol. The first-order valence-electron chi connectivity index (χ1n) is 10.6. The van der Waals surface area contributed by atoms with E-state index >= 15 is 0 Å². The van der Waals surface area contributed by atoms with Gasteiger partial charge in [0.1, 0.15) is 5.82 Å². The Morgan fingerprint density at radius 3 is 2.73 bits per heavy atom. The standard InChI is InChI=1S/C23H27N5O2/c1-3-18-12-21(30-28-18)23(29)26-13-16-7-9-17(10-8-16)22-19(14-25-15(2)27-22)20-6-4-5-11-24-20/h4-6,11-12,14,16-17H,3,7-10,13H2,1-2H3,(H,26,29). The molecule has 4 rings (SSSR count). The summed E-state index contributed by atoms with van der Waals surface area (Å²) in [6, 6.07) is 7.62. The van der Waals surface area contributed by atoms with Crippen LogP contribution in [0, 0.1) is 12.8 Å². The van der Waals surface area contributed by atoms with Gasteiger partial charge in [0, 0.05) is 36.5 Å². The van der Waals surface area contributed by atoms with Crippen molar-refractivity contribution in [1.82, 2.24) is 25.4 Å². The molecule has 3 aromatic heterocycles. The van der Waals surface area contributed by atoms with Gasteiger partial charge >= 0.3 is 0 Å². The molecule has 3 aromatic rings. The molecule has 7 nitrogen and oxygen atoms in total. The Hall–Kier alpha value is -3.09. The van der Waals surface area contributed by atoms with Gasteiger partial charge in [0.15, 0.2) is 0 Å². The number of pyridine rings is 1. The van der Waals surface area contributed by atoms with Crippen LogP contribution in [0.2, 0.25) is 0 Å². The number of nitrogens with zero attached hydrogens (tertiary/aromatic N) is 4. The molecule has 1 fully saturated rings. The van der Waals surface area contributed by atoms with Crippen molar-refractivity contribution in [3.05, 3.63) is 59.6 Å². The van der Waals surface area contributed by atoms with Crippen LogP contribution in [0.15, 0.2) is 41.2 Å². The van der Waals surface area contributed by atoms with Crippen LogP contribution in [-0.4, -0.2) is 32.6 Å². The summed E-state index contributed by atoms with van der Waals surface area (Å²) >= 11 is 0. The normalized spacial score (nSPS) is 18.9. The molecule has 0 aromatic carbocycles. The van der Waals surface area contributed by atoms with Gasteiger partial charge in [-0.1, -0.05) is 18.1 Å². The molecule has 156 valence electrons. The lowest BCUT2D eigenvalue weighted by atomic mass is 9.79. The number of nitrogens with one attached hydrogen (secondary N) is 1. The fourth-order valence-corrected chi connectivity index (χ4v) is 4.07. The number of amides is 1. The van der Waals surface area contributed by atoms with Gasteiger partial charge in [0.2, 0.25) is 5.76 Å². The fourth-order valence-electron chi connectivity index (χ4n) is 4.07. The Morgan fingerprint density at radius 1 is 1.20 bits per heavy atom. The molecule has 1 saturated carbocycles. The zero-order valence-corrected chi connectivity index (χ0v) is 17.5. The second-order valence-corrected chi connectivity index (χ2v) is 7.89. The van der Waals surface area contributed by atoms with E-state index in [1.165, 1.54) is 0 Å². The maximum atomic E-state index is 12.3. The van der Waals surface area contributed by atoms with E-state index in [-0.39, 0.29) is 11.7 Å². The summed E-state index contributed by atoms with van der Waals surface area (Å²) in [6.45, 7) is 4.57. The van der Waals surface area contributed by atoms with E-state index in [1.807, 2.05) is 38.2 Å². The van der Waals surface area contributed by atoms with Crippen molar-refractivity contribution in [2.24, 2.45) is 5.92 Å². The van der Waals surface area contributed by atoms with E-state index in [9.17, 15) is 4.79 Å². The molecule has 0 atom stereocenters. The zero-order valence-electron chi connectivity index (χ0n) is 17.5. The molecule has 0 saturated heterocycles. The van der Waals surface area contributed by atoms with Gasteiger partial charge in [-0.3, -0.25) is 9.78 Å². The van der Waals surface area contributed by atoms with Crippen molar-refractivity contribution in [3.8, 4) is 11.3 Å². The van der Waals surface area contributed by atoms with Crippen molar-refractivity contribution in [2.75, 3.05) is 6.54 Å². The molecular weight excluding hydrogens is 378 g/mol. The highest BCUT2D eigenvalue weighted by Crippen LogP contribution is 2.38. The monoisotopic (exact) mass is 405 g/mol. The van der Waals surface area contributed by atoms with E-state index in [4.69, 9.17) is 9.51 Å². The van der Waals surface area contributed by atoms with Crippen molar-refractivity contribution >= 4 is 5.91 Å². The molecule has 0 spiro atoms. The summed E-state index contributed by atoms with van der Waals surface area (Å²) in [4.78, 5) is 25.9. The average Bonchev–Trinajstić information content (AvgIpc) is 3.28. The second kappa shape index (κ2) is 9.15. The number of carbonyl (C=O) groups is 1. The van der Waals surface area contributed by atoms with Crippen LogP contribution in [-0.2, 0) is 6.42 Å². The Labute approximate surface area is 176 Å². The lowest BCUT2D eigenvalue weighted by molar-refractivity contribution is 0.0905. The lowest BCUT2D eigenvalue weighted by Crippen LogP contribution is -2.31. The number of carbonyl (C=O) groups excluding carboxylic acids is 1. The minimum Gasteiger partial charge on any atom is -0.351 e. The molecule has 0 aliphatic heterocycles. The number of hydrogen-bond donors (Lipinski definition) is 1. The van der Waals surface area contributed by atoms with Crippen LogP contribution in [0.5, 0.6) is 0 Å². The van der Waals surface area contributed by atoms with Crippen LogP contribution >= 0.6 is 0 Å². The highest BCUT2D eigenvalue weighted by molar-refractivity contribution is 5.91. The first-order valence-corrected chi connectivity index (χ1v) is 10.6. The van der Waals surface area contributed by atoms with Crippen molar-refractivity contribution in [2.45, 2.75) is 51.9 Å². The van der Waals surface area contributed by atoms with E-state index in [2.05, 4.69) is 20.4 Å². The molecule has 7 heteroatoms. The minimum atomic E-state index is -0.187. The van der Waals surface area contributed by atoms with Crippen LogP contribution in [0.25, 0.3) is 11.3 Å². The molecule has 0 unspecified atom stereocenters. The van der Waals surface area contributed by atoms with E-state index in [0.29, 0.717) is 18.4 Å². The first-order chi connectivity index (χ1) is 14.6. The second-order valence-electron chi connectivity index (χ2n) is 7.89. The molecule has 30 heavy (non-hydrogen) atoms. The number of hydrogen-bond acceptors (Lipinski definition) is 6. The van der Waals surface area contributed by atoms with Crippen molar-refractivity contribution < 1.29 is 9.32 Å². The largest absolute Gasteiger partial charge is 0.351 e. The number of aryl methyl sites for hydroxylation is 2. The van der Waals surface area contributed by atoms with Gasteiger partial charge in [-0.2, -0.15) is 0 Å². The highest BCUT2D eigenvalue weighted by Gasteiger charge is 2.27. The maximum Gasteiger partial charge on any atom is 0.289 e. The molecule has 1 amide bonds. The fraction of sp³-hybridized carbons (Fsp3) is 0.435. The Bertz CT molecular complexity index is 994. The molecule has 3 heterocycles. The number of rotatable bonds is 6. The third-order valence-electron chi connectivity index (χ3n) is 5.81. The summed E-state index contributed by atoms with van der Waals surface area (Å²) in [6.07, 6.45) is 8.63. The van der Waals surface area contributed by atoms with E-state index in [1.54, 1.807) is 12.3 Å². The zero-order chi connectivity index (χ0) is 20.9. The lowest BCUT2D eigenvalue weighted by Gasteiger charge is -2.29. The van der Waals surface area contributed by atoms with Gasteiger partial charge in [0.25, 0.3) is 5.91 Å². The van der Waals surface area contributed by atoms with Crippen LogP contribution < -0.4 is 5.32 Å². The molecular formula is C23H27N5O2. The predicted octanol–water partition coefficient (Wildman–Crippen LogP) is 4.10. The smallest absolute Gasteiger partial charge is 0.289 e. The van der Waals surface area contributed by atoms with Crippen molar-refractivity contribution in [1.29, 1.82) is 0 Å². The van der Waals surface area contributed by atoms with E-state index in [0.717, 1.165) is 60.6 Å². The van der Waals surface area contributed by atoms with Crippen molar-refractivity contribution in [3.63, 3.8) is 0 Å². The molecule has 0 bridgehead atoms. The van der Waals surface area contributed by atoms with Gasteiger partial charge in [-0.25, -0.2) is 9.97 Å². The SMILES string of the molecule is CCc1cc(C(=O)NCC2CCC(c3nc(C)ncc3-c3ccccn3)CC2)on1. The summed E-state index contributed by atoms with van der Waals surface area (Å²) in [5.74, 6) is 1.74. The summed E-state index contributed by atoms with van der Waals surface area (Å²) in [5, 5.41) is 6.88. The van der Waals surface area contributed by atoms with Crippen LogP contribution in [0.3, 0.4) is 0 Å². The third-order valence-corrected chi connectivity index (χ3v) is 5.81. The minimum absolute atomic E-state index is 0.187. The van der Waals surface area contributed by atoms with Crippen LogP contribution in [0.4, 0.5) is 0 Å². The van der Waals surface area contributed by atoms with Gasteiger partial charge in [0.05, 0.1) is 17.1 Å². The average molecular weight is 406 g/mol. The van der Waals surface area contributed by atoms with Gasteiger partial charge < -0.3 is 9.84 Å². The highest BCUT2D eigenvalue weighted by atomic mass is 16.5. The summed E-state index contributed by atoms with van der Waals surface area (Å²) in [7, 11) is 0. The Morgan fingerprint density at radius 2 is 2.03 bits per heavy atom. The van der Waals surface area contributed by atoms with Gasteiger partial charge in [-0.05, 0) is 57.1 Å². The molecule has 1 N–H and O–H groups in total. The molecule has 0 radical (unpaired) electrons. The molecule has 1 aliphatic rings. The first kappa shape index (κ1) is 20.2. The quantitative estimate of drug-likeness (QED) is 0.663. The van der Waals surface area contributed by atoms with E-state index < -0.39 is 0 Å². The topological polar surface area (TPSA) is 93.8 Å². The Balaban J connectivity index is 1.37.